The first kappa shape index (κ1) is 19.9. The lowest BCUT2D eigenvalue weighted by Gasteiger charge is -2.33. The van der Waals surface area contributed by atoms with Crippen LogP contribution >= 0.6 is 0 Å². The number of hydrogen-bond donors (Lipinski definition) is 2. The number of aromatic amines is 1. The Labute approximate surface area is 175 Å². The maximum atomic E-state index is 13.2. The molecule has 2 heterocycles. The number of amides is 1. The fraction of sp³-hybridized carbons (Fsp3) is 0.304. The van der Waals surface area contributed by atoms with Crippen molar-refractivity contribution in [2.75, 3.05) is 37.0 Å². The largest absolute Gasteiger partial charge is 0.378 e. The van der Waals surface area contributed by atoms with Gasteiger partial charge in [-0.2, -0.15) is 5.10 Å². The maximum absolute atomic E-state index is 13.2. The number of carbonyl (C=O) groups excluding carboxylic acids is 1. The molecule has 1 atom stereocenters. The average Bonchev–Trinajstić information content (AvgIpc) is 3.25. The van der Waals surface area contributed by atoms with Gasteiger partial charge in [0.15, 0.2) is 5.82 Å². The number of rotatable bonds is 5. The van der Waals surface area contributed by atoms with Crippen LogP contribution in [0.15, 0.2) is 54.6 Å². The van der Waals surface area contributed by atoms with E-state index < -0.39 is 0 Å². The third-order valence-electron chi connectivity index (χ3n) is 5.42. The van der Waals surface area contributed by atoms with Crippen molar-refractivity contribution in [3.63, 3.8) is 0 Å². The molecule has 6 nitrogen and oxygen atoms in total. The number of benzene rings is 2. The Balaban J connectivity index is 1.42. The van der Waals surface area contributed by atoms with E-state index in [1.807, 2.05) is 49.3 Å². The van der Waals surface area contributed by atoms with Crippen molar-refractivity contribution in [2.24, 2.45) is 0 Å². The maximum Gasteiger partial charge on any atom is 0.251 e. The minimum atomic E-state index is -0.260. The van der Waals surface area contributed by atoms with E-state index in [1.54, 1.807) is 12.1 Å². The zero-order valence-electron chi connectivity index (χ0n) is 17.2. The molecule has 0 radical (unpaired) electrons. The molecule has 1 unspecified atom stereocenters. The molecule has 0 aliphatic carbocycles. The molecule has 1 aliphatic rings. The van der Waals surface area contributed by atoms with Crippen LogP contribution in [-0.2, 0) is 0 Å². The number of hydrogen-bond acceptors (Lipinski definition) is 4. The smallest absolute Gasteiger partial charge is 0.251 e. The number of piperidine rings is 1. The van der Waals surface area contributed by atoms with Crippen molar-refractivity contribution >= 4 is 17.4 Å². The van der Waals surface area contributed by atoms with Crippen LogP contribution < -0.4 is 15.1 Å². The number of aromatic nitrogens is 2. The highest BCUT2D eigenvalue weighted by Crippen LogP contribution is 2.24. The second-order valence-corrected chi connectivity index (χ2v) is 7.85. The molecular formula is C23H26FN5O. The van der Waals surface area contributed by atoms with Crippen molar-refractivity contribution < 1.29 is 9.18 Å². The molecule has 1 saturated heterocycles. The molecule has 1 fully saturated rings. The van der Waals surface area contributed by atoms with Crippen LogP contribution in [0.1, 0.15) is 23.2 Å². The van der Waals surface area contributed by atoms with Crippen LogP contribution in [0.25, 0.3) is 11.3 Å². The first-order chi connectivity index (χ1) is 14.5. The summed E-state index contributed by atoms with van der Waals surface area (Å²) >= 11 is 0. The molecule has 2 N–H and O–H groups in total. The van der Waals surface area contributed by atoms with Gasteiger partial charge < -0.3 is 15.1 Å². The molecule has 7 heteroatoms. The summed E-state index contributed by atoms with van der Waals surface area (Å²) in [6, 6.07) is 16.0. The summed E-state index contributed by atoms with van der Waals surface area (Å²) in [6.45, 7) is 1.59. The molecule has 30 heavy (non-hydrogen) atoms. The number of nitrogens with zero attached hydrogens (tertiary/aromatic N) is 3. The lowest BCUT2D eigenvalue weighted by Crippen LogP contribution is -2.48. The molecule has 0 bridgehead atoms. The van der Waals surface area contributed by atoms with Crippen molar-refractivity contribution in [1.29, 1.82) is 0 Å². The molecule has 3 aromatic rings. The third kappa shape index (κ3) is 4.45. The zero-order valence-corrected chi connectivity index (χ0v) is 17.2. The van der Waals surface area contributed by atoms with Crippen molar-refractivity contribution in [1.82, 2.24) is 15.5 Å². The van der Waals surface area contributed by atoms with E-state index in [0.717, 1.165) is 42.1 Å². The van der Waals surface area contributed by atoms with Crippen LogP contribution in [0, 0.1) is 5.82 Å². The molecule has 2 aromatic carbocycles. The van der Waals surface area contributed by atoms with Gasteiger partial charge >= 0.3 is 0 Å². The quantitative estimate of drug-likeness (QED) is 0.677. The van der Waals surface area contributed by atoms with E-state index in [0.29, 0.717) is 12.1 Å². The van der Waals surface area contributed by atoms with Gasteiger partial charge in [-0.05, 0) is 60.9 Å². The van der Waals surface area contributed by atoms with Gasteiger partial charge in [0.2, 0.25) is 0 Å². The fourth-order valence-electron chi connectivity index (χ4n) is 3.75. The molecule has 1 aromatic heterocycles. The topological polar surface area (TPSA) is 64.3 Å². The molecule has 1 amide bonds. The number of anilines is 2. The summed E-state index contributed by atoms with van der Waals surface area (Å²) in [4.78, 5) is 16.9. The van der Waals surface area contributed by atoms with E-state index in [9.17, 15) is 9.18 Å². The molecule has 0 spiro atoms. The first-order valence-electron chi connectivity index (χ1n) is 10.1. The van der Waals surface area contributed by atoms with Gasteiger partial charge in [0.1, 0.15) is 5.82 Å². The van der Waals surface area contributed by atoms with E-state index in [2.05, 4.69) is 20.4 Å². The fourth-order valence-corrected chi connectivity index (χ4v) is 3.75. The Bertz CT molecular complexity index is 1010. The van der Waals surface area contributed by atoms with Crippen LogP contribution in [0.3, 0.4) is 0 Å². The molecule has 1 aliphatic heterocycles. The van der Waals surface area contributed by atoms with E-state index >= 15 is 0 Å². The number of carbonyl (C=O) groups is 1. The van der Waals surface area contributed by atoms with Crippen molar-refractivity contribution in [2.45, 2.75) is 18.9 Å². The second kappa shape index (κ2) is 8.57. The molecule has 0 saturated carbocycles. The second-order valence-electron chi connectivity index (χ2n) is 7.85. The minimum Gasteiger partial charge on any atom is -0.378 e. The molecule has 4 rings (SSSR count). The SMILES string of the molecule is CN(C)c1cccc(C(=O)NC2CCCN(c3cc(-c4ccc(F)cc4)[nH]n3)C2)c1. The number of nitrogens with one attached hydrogen (secondary N) is 2. The Morgan fingerprint density at radius 1 is 1.20 bits per heavy atom. The van der Waals surface area contributed by atoms with Crippen LogP contribution in [0.5, 0.6) is 0 Å². The van der Waals surface area contributed by atoms with Gasteiger partial charge in [-0.1, -0.05) is 6.07 Å². The van der Waals surface area contributed by atoms with E-state index in [4.69, 9.17) is 0 Å². The Hall–Kier alpha value is -3.35. The van der Waals surface area contributed by atoms with Gasteiger partial charge in [0, 0.05) is 50.5 Å². The number of H-pyrrole nitrogens is 1. The Morgan fingerprint density at radius 2 is 2.00 bits per heavy atom. The van der Waals surface area contributed by atoms with Gasteiger partial charge in [-0.15, -0.1) is 0 Å². The Kier molecular flexibility index (Phi) is 5.70. The van der Waals surface area contributed by atoms with Crippen LogP contribution in [-0.4, -0.2) is 49.3 Å². The number of halogens is 1. The van der Waals surface area contributed by atoms with Gasteiger partial charge in [-0.25, -0.2) is 4.39 Å². The summed E-state index contributed by atoms with van der Waals surface area (Å²) in [5, 5.41) is 10.6. The molecular weight excluding hydrogens is 381 g/mol. The highest BCUT2D eigenvalue weighted by molar-refractivity contribution is 5.95. The predicted molar refractivity (Wildman–Crippen MR) is 117 cm³/mol. The van der Waals surface area contributed by atoms with Crippen molar-refractivity contribution in [3.05, 3.63) is 66.0 Å². The summed E-state index contributed by atoms with van der Waals surface area (Å²) in [6.07, 6.45) is 1.91. The van der Waals surface area contributed by atoms with Crippen LogP contribution in [0.2, 0.25) is 0 Å². The third-order valence-corrected chi connectivity index (χ3v) is 5.42. The van der Waals surface area contributed by atoms with E-state index in [-0.39, 0.29) is 17.8 Å². The summed E-state index contributed by atoms with van der Waals surface area (Å²) in [7, 11) is 3.92. The van der Waals surface area contributed by atoms with Gasteiger partial charge in [0.05, 0.1) is 5.69 Å². The Morgan fingerprint density at radius 3 is 2.77 bits per heavy atom. The van der Waals surface area contributed by atoms with E-state index in [1.165, 1.54) is 12.1 Å². The highest BCUT2D eigenvalue weighted by Gasteiger charge is 2.24. The lowest BCUT2D eigenvalue weighted by atomic mass is 10.0. The predicted octanol–water partition coefficient (Wildman–Crippen LogP) is 3.68. The standard InChI is InChI=1S/C23H26FN5O/c1-28(2)20-7-3-5-17(13-20)23(30)25-19-6-4-12-29(15-19)22-14-21(26-27-22)16-8-10-18(24)11-9-16/h3,5,7-11,13-14,19H,4,6,12,15H2,1-2H3,(H,25,30)(H,26,27). The highest BCUT2D eigenvalue weighted by atomic mass is 19.1. The minimum absolute atomic E-state index is 0.0558. The van der Waals surface area contributed by atoms with Gasteiger partial charge in [0.25, 0.3) is 5.91 Å². The van der Waals surface area contributed by atoms with Gasteiger partial charge in [-0.3, -0.25) is 9.89 Å². The zero-order chi connectivity index (χ0) is 21.1. The summed E-state index contributed by atoms with van der Waals surface area (Å²) < 4.78 is 13.2. The average molecular weight is 407 g/mol. The van der Waals surface area contributed by atoms with Crippen LogP contribution in [0.4, 0.5) is 15.9 Å². The first-order valence-corrected chi connectivity index (χ1v) is 10.1. The normalized spacial score (nSPS) is 16.4. The van der Waals surface area contributed by atoms with Crippen molar-refractivity contribution in [3.8, 4) is 11.3 Å². The lowest BCUT2D eigenvalue weighted by molar-refractivity contribution is 0.0933. The summed E-state index contributed by atoms with van der Waals surface area (Å²) in [5.41, 5.74) is 3.39. The molecule has 156 valence electrons. The monoisotopic (exact) mass is 407 g/mol. The summed E-state index contributed by atoms with van der Waals surface area (Å²) in [5.74, 6) is 0.520.